The van der Waals surface area contributed by atoms with Gasteiger partial charge in [0, 0.05) is 9.65 Å². The zero-order chi connectivity index (χ0) is 19.7. The minimum absolute atomic E-state index is 0.0846. The van der Waals surface area contributed by atoms with E-state index < -0.39 is 10.0 Å². The quantitative estimate of drug-likeness (QED) is 0.414. The van der Waals surface area contributed by atoms with Gasteiger partial charge in [-0.3, -0.25) is 0 Å². The number of rotatable bonds is 4. The van der Waals surface area contributed by atoms with Gasteiger partial charge in [-0.25, -0.2) is 8.42 Å². The topological polar surface area (TPSA) is 37.4 Å². The van der Waals surface area contributed by atoms with E-state index in [2.05, 4.69) is 31.9 Å². The lowest BCUT2D eigenvalue weighted by Gasteiger charge is -2.30. The van der Waals surface area contributed by atoms with Crippen LogP contribution >= 0.6 is 31.9 Å². The molecule has 1 fully saturated rings. The highest BCUT2D eigenvalue weighted by Gasteiger charge is 2.53. The Morgan fingerprint density at radius 1 is 0.607 bits per heavy atom. The van der Waals surface area contributed by atoms with E-state index in [-0.39, 0.29) is 21.7 Å². The first-order chi connectivity index (χ1) is 13.5. The summed E-state index contributed by atoms with van der Waals surface area (Å²) in [6.45, 7) is 0. The third-order valence-electron chi connectivity index (χ3n) is 5.06. The first-order valence-electron chi connectivity index (χ1n) is 8.98. The molecule has 4 atom stereocenters. The predicted molar refractivity (Wildman–Crippen MR) is 119 cm³/mol. The predicted octanol–water partition coefficient (Wildman–Crippen LogP) is 5.70. The largest absolute Gasteiger partial charge is 0.244 e. The van der Waals surface area contributed by atoms with Gasteiger partial charge >= 0.3 is 0 Å². The normalized spacial score (nSPS) is 25.6. The van der Waals surface area contributed by atoms with E-state index in [0.717, 1.165) is 11.1 Å². The summed E-state index contributed by atoms with van der Waals surface area (Å²) in [5.41, 5.74) is 1.93. The highest BCUT2D eigenvalue weighted by atomic mass is 79.9. The van der Waals surface area contributed by atoms with E-state index in [1.54, 1.807) is 28.6 Å². The van der Waals surface area contributed by atoms with Crippen LogP contribution in [0.15, 0.2) is 95.9 Å². The maximum atomic E-state index is 13.8. The lowest BCUT2D eigenvalue weighted by atomic mass is 10.0. The van der Waals surface area contributed by atoms with E-state index in [0.29, 0.717) is 4.90 Å². The van der Waals surface area contributed by atoms with Crippen LogP contribution in [0.1, 0.15) is 23.2 Å². The zero-order valence-corrected chi connectivity index (χ0v) is 18.9. The first kappa shape index (κ1) is 19.8. The van der Waals surface area contributed by atoms with Crippen LogP contribution in [0, 0.1) is 0 Å². The number of alkyl halides is 2. The Kier molecular flexibility index (Phi) is 5.74. The third-order valence-corrected chi connectivity index (χ3v) is 9.78. The SMILES string of the molecule is O=S(=O)(c1ccccc1)N1C(c2ccccc2)C(Br)C(Br)C1c1ccccc1. The summed E-state index contributed by atoms with van der Waals surface area (Å²) in [7, 11) is -3.73. The van der Waals surface area contributed by atoms with Crippen LogP contribution in [0.2, 0.25) is 0 Å². The van der Waals surface area contributed by atoms with Gasteiger partial charge in [-0.1, -0.05) is 111 Å². The van der Waals surface area contributed by atoms with Crippen molar-refractivity contribution < 1.29 is 8.42 Å². The minimum Gasteiger partial charge on any atom is -0.207 e. The molecular formula is C22H19Br2NO2S. The smallest absolute Gasteiger partial charge is 0.207 e. The molecule has 0 spiro atoms. The van der Waals surface area contributed by atoms with Crippen molar-refractivity contribution in [2.24, 2.45) is 0 Å². The van der Waals surface area contributed by atoms with Crippen molar-refractivity contribution in [3.63, 3.8) is 0 Å². The van der Waals surface area contributed by atoms with Crippen molar-refractivity contribution >= 4 is 41.9 Å². The van der Waals surface area contributed by atoms with E-state index in [1.165, 1.54) is 0 Å². The molecule has 0 aromatic heterocycles. The van der Waals surface area contributed by atoms with E-state index in [4.69, 9.17) is 0 Å². The molecule has 0 radical (unpaired) electrons. The van der Waals surface area contributed by atoms with Crippen LogP contribution < -0.4 is 0 Å². The molecule has 4 rings (SSSR count). The van der Waals surface area contributed by atoms with Crippen molar-refractivity contribution in [1.82, 2.24) is 4.31 Å². The summed E-state index contributed by atoms with van der Waals surface area (Å²) >= 11 is 7.59. The number of hydrogen-bond acceptors (Lipinski definition) is 2. The molecule has 28 heavy (non-hydrogen) atoms. The van der Waals surface area contributed by atoms with Crippen molar-refractivity contribution in [3.8, 4) is 0 Å². The minimum atomic E-state index is -3.73. The molecule has 1 heterocycles. The van der Waals surface area contributed by atoms with Gasteiger partial charge in [0.15, 0.2) is 0 Å². The average Bonchev–Trinajstić information content (AvgIpc) is 3.01. The number of nitrogens with zero attached hydrogens (tertiary/aromatic N) is 1. The lowest BCUT2D eigenvalue weighted by molar-refractivity contribution is 0.334. The van der Waals surface area contributed by atoms with Gasteiger partial charge in [-0.05, 0) is 23.3 Å². The van der Waals surface area contributed by atoms with Gasteiger partial charge < -0.3 is 0 Å². The molecular weight excluding hydrogens is 502 g/mol. The standard InChI is InChI=1S/C22H19Br2NO2S/c23-19-20(24)22(17-12-6-2-7-13-17)25(21(19)16-10-4-1-5-11-16)28(26,27)18-14-8-3-9-15-18/h1-15,19-22H. The summed E-state index contributed by atoms with van der Waals surface area (Å²) in [6, 6.07) is 27.6. The summed E-state index contributed by atoms with van der Waals surface area (Å²) < 4.78 is 29.2. The molecule has 1 aliphatic rings. The van der Waals surface area contributed by atoms with Crippen LogP contribution in [0.4, 0.5) is 0 Å². The van der Waals surface area contributed by atoms with Crippen molar-refractivity contribution in [2.45, 2.75) is 26.6 Å². The maximum Gasteiger partial charge on any atom is 0.244 e. The summed E-state index contributed by atoms with van der Waals surface area (Å²) in [6.07, 6.45) is 0. The number of halogens is 2. The van der Waals surface area contributed by atoms with Crippen LogP contribution in [0.5, 0.6) is 0 Å². The Bertz CT molecular complexity index is 978. The van der Waals surface area contributed by atoms with Crippen molar-refractivity contribution in [2.75, 3.05) is 0 Å². The first-order valence-corrected chi connectivity index (χ1v) is 12.3. The molecule has 0 N–H and O–H groups in total. The molecule has 4 unspecified atom stereocenters. The fourth-order valence-electron chi connectivity index (χ4n) is 3.78. The Morgan fingerprint density at radius 2 is 0.964 bits per heavy atom. The monoisotopic (exact) mass is 519 g/mol. The molecule has 0 saturated carbocycles. The van der Waals surface area contributed by atoms with E-state index >= 15 is 0 Å². The van der Waals surface area contributed by atoms with Gasteiger partial charge in [-0.15, -0.1) is 0 Å². The van der Waals surface area contributed by atoms with Crippen LogP contribution in [0.3, 0.4) is 0 Å². The van der Waals surface area contributed by atoms with Gasteiger partial charge in [0.1, 0.15) is 0 Å². The van der Waals surface area contributed by atoms with Crippen molar-refractivity contribution in [3.05, 3.63) is 102 Å². The molecule has 0 aliphatic carbocycles. The molecule has 3 aromatic rings. The fourth-order valence-corrected chi connectivity index (χ4v) is 7.64. The highest BCUT2D eigenvalue weighted by Crippen LogP contribution is 2.53. The Balaban J connectivity index is 1.91. The molecule has 1 aliphatic heterocycles. The fraction of sp³-hybridized carbons (Fsp3) is 0.182. The molecule has 0 bridgehead atoms. The Labute approximate surface area is 182 Å². The molecule has 3 aromatic carbocycles. The number of sulfonamides is 1. The van der Waals surface area contributed by atoms with Gasteiger partial charge in [-0.2, -0.15) is 4.31 Å². The maximum absolute atomic E-state index is 13.8. The molecule has 0 amide bonds. The number of benzene rings is 3. The lowest BCUT2D eigenvalue weighted by Crippen LogP contribution is -2.34. The van der Waals surface area contributed by atoms with Crippen LogP contribution in [-0.2, 0) is 10.0 Å². The van der Waals surface area contributed by atoms with Gasteiger partial charge in [0.25, 0.3) is 0 Å². The third kappa shape index (κ3) is 3.47. The summed E-state index contributed by atoms with van der Waals surface area (Å²) in [4.78, 5) is 0.135. The van der Waals surface area contributed by atoms with E-state index in [9.17, 15) is 8.42 Å². The average molecular weight is 521 g/mol. The molecule has 1 saturated heterocycles. The highest BCUT2D eigenvalue weighted by molar-refractivity contribution is 9.12. The molecule has 6 heteroatoms. The van der Waals surface area contributed by atoms with Crippen LogP contribution in [-0.4, -0.2) is 22.4 Å². The van der Waals surface area contributed by atoms with Crippen LogP contribution in [0.25, 0.3) is 0 Å². The molecule has 3 nitrogen and oxygen atoms in total. The number of hydrogen-bond donors (Lipinski definition) is 0. The zero-order valence-electron chi connectivity index (χ0n) is 14.9. The molecule has 144 valence electrons. The van der Waals surface area contributed by atoms with Gasteiger partial charge in [0.2, 0.25) is 10.0 Å². The van der Waals surface area contributed by atoms with E-state index in [1.807, 2.05) is 66.7 Å². The van der Waals surface area contributed by atoms with Crippen molar-refractivity contribution in [1.29, 1.82) is 0 Å². The Hall–Kier alpha value is -1.47. The second-order valence-electron chi connectivity index (χ2n) is 6.75. The summed E-state index contributed by atoms with van der Waals surface area (Å²) in [5, 5.41) is 0. The second kappa shape index (κ2) is 8.11. The Morgan fingerprint density at radius 3 is 1.36 bits per heavy atom. The van der Waals surface area contributed by atoms with Gasteiger partial charge in [0.05, 0.1) is 17.0 Å². The second-order valence-corrected chi connectivity index (χ2v) is 10.7. The summed E-state index contributed by atoms with van der Waals surface area (Å²) in [5.74, 6) is 0.